The molecule has 1 unspecified atom stereocenters. The van der Waals surface area contributed by atoms with E-state index in [0.717, 1.165) is 57.5 Å². The molecule has 0 spiro atoms. The Bertz CT molecular complexity index is 904. The third kappa shape index (κ3) is 5.41. The van der Waals surface area contributed by atoms with Gasteiger partial charge in [0.15, 0.2) is 0 Å². The number of nitro benzene ring substituents is 1. The van der Waals surface area contributed by atoms with Crippen molar-refractivity contribution in [2.45, 2.75) is 38.2 Å². The number of anilines is 1. The number of non-ortho nitro benzene ring substituents is 1. The molecule has 7 nitrogen and oxygen atoms in total. The summed E-state index contributed by atoms with van der Waals surface area (Å²) in [4.78, 5) is 26.0. The summed E-state index contributed by atoms with van der Waals surface area (Å²) in [6, 6.07) is 15.1. The molecule has 2 heterocycles. The first kappa shape index (κ1) is 21.3. The first-order valence-corrected chi connectivity index (χ1v) is 11.1. The first-order valence-electron chi connectivity index (χ1n) is 11.1. The fourth-order valence-electron chi connectivity index (χ4n) is 4.53. The van der Waals surface area contributed by atoms with E-state index in [2.05, 4.69) is 34.5 Å². The van der Waals surface area contributed by atoms with Gasteiger partial charge in [0.25, 0.3) is 11.6 Å². The normalized spacial score (nSPS) is 19.4. The van der Waals surface area contributed by atoms with Gasteiger partial charge >= 0.3 is 0 Å². The molecule has 0 aliphatic carbocycles. The van der Waals surface area contributed by atoms with E-state index in [0.29, 0.717) is 18.0 Å². The van der Waals surface area contributed by atoms with Crippen LogP contribution in [0, 0.1) is 16.0 Å². The van der Waals surface area contributed by atoms with Gasteiger partial charge in [0.1, 0.15) is 0 Å². The van der Waals surface area contributed by atoms with Crippen LogP contribution in [0.25, 0.3) is 0 Å². The highest BCUT2D eigenvalue weighted by Gasteiger charge is 2.26. The SMILES string of the molecule is O=C(NCC1CCCO1)c1cc([N+](=O)[O-])ccc1N1CCC(Cc2ccccc2)CC1. The maximum atomic E-state index is 12.9. The standard InChI is InChI=1S/C24H29N3O4/c28-24(25-17-21-7-4-14-31-21)22-16-20(27(29)30)8-9-23(22)26-12-10-19(11-13-26)15-18-5-2-1-3-6-18/h1-3,5-6,8-9,16,19,21H,4,7,10-15,17H2,(H,25,28). The molecule has 2 fully saturated rings. The van der Waals surface area contributed by atoms with E-state index in [1.165, 1.54) is 17.7 Å². The molecule has 2 aromatic rings. The van der Waals surface area contributed by atoms with Crippen LogP contribution in [0.3, 0.4) is 0 Å². The number of carbonyl (C=O) groups excluding carboxylic acids is 1. The van der Waals surface area contributed by atoms with Crippen molar-refractivity contribution in [3.8, 4) is 0 Å². The number of hydrogen-bond donors (Lipinski definition) is 1. The number of carbonyl (C=O) groups is 1. The second-order valence-electron chi connectivity index (χ2n) is 8.42. The van der Waals surface area contributed by atoms with Crippen LogP contribution in [0.2, 0.25) is 0 Å². The van der Waals surface area contributed by atoms with Crippen molar-refractivity contribution in [2.24, 2.45) is 5.92 Å². The lowest BCUT2D eigenvalue weighted by Crippen LogP contribution is -2.37. The van der Waals surface area contributed by atoms with Crippen LogP contribution in [0.15, 0.2) is 48.5 Å². The van der Waals surface area contributed by atoms with Crippen LogP contribution < -0.4 is 10.2 Å². The van der Waals surface area contributed by atoms with Gasteiger partial charge in [-0.3, -0.25) is 14.9 Å². The number of nitro groups is 1. The minimum atomic E-state index is -0.452. The van der Waals surface area contributed by atoms with Crippen molar-refractivity contribution in [1.29, 1.82) is 0 Å². The Balaban J connectivity index is 1.44. The van der Waals surface area contributed by atoms with E-state index in [-0.39, 0.29) is 17.7 Å². The predicted octanol–water partition coefficient (Wildman–Crippen LogP) is 3.96. The van der Waals surface area contributed by atoms with Gasteiger partial charge in [-0.2, -0.15) is 0 Å². The maximum absolute atomic E-state index is 12.9. The zero-order chi connectivity index (χ0) is 21.6. The second-order valence-corrected chi connectivity index (χ2v) is 8.42. The number of nitrogens with zero attached hydrogens (tertiary/aromatic N) is 2. The van der Waals surface area contributed by atoms with Crippen molar-refractivity contribution >= 4 is 17.3 Å². The van der Waals surface area contributed by atoms with Crippen LogP contribution in [0.1, 0.15) is 41.6 Å². The molecule has 7 heteroatoms. The lowest BCUT2D eigenvalue weighted by molar-refractivity contribution is -0.384. The summed E-state index contributed by atoms with van der Waals surface area (Å²) in [6.07, 6.45) is 5.08. The number of amides is 1. The fourth-order valence-corrected chi connectivity index (χ4v) is 4.53. The highest BCUT2D eigenvalue weighted by molar-refractivity contribution is 6.00. The molecule has 164 valence electrons. The molecule has 0 saturated carbocycles. The van der Waals surface area contributed by atoms with Crippen molar-refractivity contribution in [3.63, 3.8) is 0 Å². The minimum absolute atomic E-state index is 0.0276. The largest absolute Gasteiger partial charge is 0.376 e. The van der Waals surface area contributed by atoms with Crippen molar-refractivity contribution < 1.29 is 14.5 Å². The number of rotatable bonds is 7. The lowest BCUT2D eigenvalue weighted by Gasteiger charge is -2.34. The quantitative estimate of drug-likeness (QED) is 0.538. The van der Waals surface area contributed by atoms with Crippen LogP contribution in [-0.2, 0) is 11.2 Å². The number of piperidine rings is 1. The molecule has 0 radical (unpaired) electrons. The van der Waals surface area contributed by atoms with Crippen molar-refractivity contribution in [1.82, 2.24) is 5.32 Å². The molecule has 0 aromatic heterocycles. The van der Waals surface area contributed by atoms with Gasteiger partial charge in [-0.25, -0.2) is 0 Å². The van der Waals surface area contributed by atoms with Gasteiger partial charge in [-0.15, -0.1) is 0 Å². The number of nitrogens with one attached hydrogen (secondary N) is 1. The topological polar surface area (TPSA) is 84.7 Å². The summed E-state index contributed by atoms with van der Waals surface area (Å²) in [7, 11) is 0. The Morgan fingerprint density at radius 3 is 2.58 bits per heavy atom. The molecule has 2 aromatic carbocycles. The Morgan fingerprint density at radius 1 is 1.13 bits per heavy atom. The van der Waals surface area contributed by atoms with E-state index in [1.54, 1.807) is 6.07 Å². The van der Waals surface area contributed by atoms with Gasteiger partial charge in [0.05, 0.1) is 22.3 Å². The lowest BCUT2D eigenvalue weighted by atomic mass is 9.89. The summed E-state index contributed by atoms with van der Waals surface area (Å²) >= 11 is 0. The summed E-state index contributed by atoms with van der Waals surface area (Å²) in [5.41, 5.74) is 2.43. The molecular weight excluding hydrogens is 394 g/mol. The van der Waals surface area contributed by atoms with Gasteiger partial charge in [-0.05, 0) is 49.7 Å². The fraction of sp³-hybridized carbons (Fsp3) is 0.458. The molecule has 1 atom stereocenters. The third-order valence-electron chi connectivity index (χ3n) is 6.27. The average Bonchev–Trinajstić information content (AvgIpc) is 3.32. The number of hydrogen-bond acceptors (Lipinski definition) is 5. The van der Waals surface area contributed by atoms with Gasteiger partial charge in [0, 0.05) is 38.4 Å². The maximum Gasteiger partial charge on any atom is 0.270 e. The Hall–Kier alpha value is -2.93. The van der Waals surface area contributed by atoms with E-state index in [4.69, 9.17) is 4.74 Å². The molecule has 2 saturated heterocycles. The monoisotopic (exact) mass is 423 g/mol. The summed E-state index contributed by atoms with van der Waals surface area (Å²) in [5, 5.41) is 14.2. The zero-order valence-corrected chi connectivity index (χ0v) is 17.7. The first-order chi connectivity index (χ1) is 15.1. The highest BCUT2D eigenvalue weighted by atomic mass is 16.6. The minimum Gasteiger partial charge on any atom is -0.376 e. The summed E-state index contributed by atoms with van der Waals surface area (Å²) in [6.45, 7) is 2.82. The van der Waals surface area contributed by atoms with Crippen LogP contribution in [-0.4, -0.2) is 43.2 Å². The van der Waals surface area contributed by atoms with Crippen LogP contribution in [0.5, 0.6) is 0 Å². The van der Waals surface area contributed by atoms with Gasteiger partial charge in [0.2, 0.25) is 0 Å². The van der Waals surface area contributed by atoms with E-state index < -0.39 is 4.92 Å². The molecule has 2 aliphatic heterocycles. The van der Waals surface area contributed by atoms with Gasteiger partial charge < -0.3 is 15.0 Å². The molecule has 1 N–H and O–H groups in total. The van der Waals surface area contributed by atoms with Crippen LogP contribution in [0.4, 0.5) is 11.4 Å². The predicted molar refractivity (Wildman–Crippen MR) is 119 cm³/mol. The number of ether oxygens (including phenoxy) is 1. The van der Waals surface area contributed by atoms with Crippen LogP contribution >= 0.6 is 0 Å². The van der Waals surface area contributed by atoms with Crippen molar-refractivity contribution in [2.75, 3.05) is 31.1 Å². The highest BCUT2D eigenvalue weighted by Crippen LogP contribution is 2.30. The number of benzene rings is 2. The van der Waals surface area contributed by atoms with E-state index in [9.17, 15) is 14.9 Å². The second kappa shape index (κ2) is 9.92. The van der Waals surface area contributed by atoms with Gasteiger partial charge in [-0.1, -0.05) is 30.3 Å². The Kier molecular flexibility index (Phi) is 6.82. The molecule has 31 heavy (non-hydrogen) atoms. The zero-order valence-electron chi connectivity index (χ0n) is 17.7. The van der Waals surface area contributed by atoms with E-state index in [1.807, 2.05) is 6.07 Å². The molecular formula is C24H29N3O4. The molecule has 4 rings (SSSR count). The van der Waals surface area contributed by atoms with E-state index >= 15 is 0 Å². The molecule has 2 aliphatic rings. The Labute approximate surface area is 182 Å². The van der Waals surface area contributed by atoms with Crippen molar-refractivity contribution in [3.05, 3.63) is 69.8 Å². The molecule has 0 bridgehead atoms. The smallest absolute Gasteiger partial charge is 0.270 e. The molecule has 1 amide bonds. The third-order valence-corrected chi connectivity index (χ3v) is 6.27. The average molecular weight is 424 g/mol. The summed E-state index contributed by atoms with van der Waals surface area (Å²) < 4.78 is 5.57. The Morgan fingerprint density at radius 2 is 1.90 bits per heavy atom. The summed E-state index contributed by atoms with van der Waals surface area (Å²) in [5.74, 6) is 0.328.